The van der Waals surface area contributed by atoms with Crippen LogP contribution in [0.25, 0.3) is 0 Å². The van der Waals surface area contributed by atoms with E-state index < -0.39 is 0 Å². The van der Waals surface area contributed by atoms with Gasteiger partial charge in [-0.1, -0.05) is 43.2 Å². The molecule has 1 heterocycles. The van der Waals surface area contributed by atoms with E-state index in [4.69, 9.17) is 4.74 Å². The van der Waals surface area contributed by atoms with E-state index in [1.165, 1.54) is 56.4 Å². The number of carbonyl (C=O) groups is 1. The maximum atomic E-state index is 14.1. The zero-order valence-corrected chi connectivity index (χ0v) is 20.0. The SMILES string of the molecule is CC(C1CC2CCC1C2)n1c(COc2ccccc2F)nnc1SCC(=O)NC1CCCC1. The molecule has 1 aromatic heterocycles. The van der Waals surface area contributed by atoms with Gasteiger partial charge in [0.2, 0.25) is 5.91 Å². The summed E-state index contributed by atoms with van der Waals surface area (Å²) in [6.45, 7) is 2.39. The van der Waals surface area contributed by atoms with E-state index in [-0.39, 0.29) is 30.1 Å². The largest absolute Gasteiger partial charge is 0.483 e. The number of nitrogens with one attached hydrogen (secondary N) is 1. The van der Waals surface area contributed by atoms with Gasteiger partial charge in [-0.15, -0.1) is 10.2 Å². The molecule has 0 radical (unpaired) electrons. The third-order valence-corrected chi connectivity index (χ3v) is 8.74. The molecule has 2 bridgehead atoms. The van der Waals surface area contributed by atoms with Crippen molar-refractivity contribution in [2.75, 3.05) is 5.75 Å². The van der Waals surface area contributed by atoms with Gasteiger partial charge < -0.3 is 10.1 Å². The number of nitrogens with zero attached hydrogens (tertiary/aromatic N) is 3. The fraction of sp³-hybridized carbons (Fsp3) is 0.640. The Morgan fingerprint density at radius 1 is 1.21 bits per heavy atom. The van der Waals surface area contributed by atoms with Crippen LogP contribution < -0.4 is 10.1 Å². The number of hydrogen-bond donors (Lipinski definition) is 1. The summed E-state index contributed by atoms with van der Waals surface area (Å²) >= 11 is 1.44. The van der Waals surface area contributed by atoms with Crippen LogP contribution in [0.5, 0.6) is 5.75 Å². The van der Waals surface area contributed by atoms with Gasteiger partial charge in [0.15, 0.2) is 22.5 Å². The molecule has 0 aliphatic heterocycles. The Morgan fingerprint density at radius 2 is 2.03 bits per heavy atom. The summed E-state index contributed by atoms with van der Waals surface area (Å²) in [4.78, 5) is 12.5. The second kappa shape index (κ2) is 10.0. The quantitative estimate of drug-likeness (QED) is 0.512. The van der Waals surface area contributed by atoms with Crippen LogP contribution in [0, 0.1) is 23.6 Å². The molecule has 178 valence electrons. The molecule has 8 heteroatoms. The van der Waals surface area contributed by atoms with E-state index in [0.29, 0.717) is 23.5 Å². The predicted molar refractivity (Wildman–Crippen MR) is 126 cm³/mol. The Balaban J connectivity index is 1.31. The molecule has 4 unspecified atom stereocenters. The third kappa shape index (κ3) is 5.05. The van der Waals surface area contributed by atoms with E-state index in [9.17, 15) is 9.18 Å². The van der Waals surface area contributed by atoms with Gasteiger partial charge in [0.05, 0.1) is 5.75 Å². The number of hydrogen-bond acceptors (Lipinski definition) is 5. The number of ether oxygens (including phenoxy) is 1. The Morgan fingerprint density at radius 3 is 2.76 bits per heavy atom. The minimum Gasteiger partial charge on any atom is -0.483 e. The average Bonchev–Trinajstić information content (AvgIpc) is 3.62. The van der Waals surface area contributed by atoms with Crippen molar-refractivity contribution in [2.45, 2.75) is 82.1 Å². The lowest BCUT2D eigenvalue weighted by molar-refractivity contribution is -0.119. The second-order valence-electron chi connectivity index (χ2n) is 9.90. The molecule has 1 amide bonds. The summed E-state index contributed by atoms with van der Waals surface area (Å²) in [5.41, 5.74) is 0. The highest BCUT2D eigenvalue weighted by molar-refractivity contribution is 7.99. The number of thioether (sulfide) groups is 1. The Bertz CT molecular complexity index is 977. The lowest BCUT2D eigenvalue weighted by atomic mass is 9.84. The highest BCUT2D eigenvalue weighted by Crippen LogP contribution is 2.52. The zero-order chi connectivity index (χ0) is 22.8. The average molecular weight is 473 g/mol. The molecule has 0 saturated heterocycles. The predicted octanol–water partition coefficient (Wildman–Crippen LogP) is 5.14. The van der Waals surface area contributed by atoms with E-state index in [1.54, 1.807) is 18.2 Å². The maximum absolute atomic E-state index is 14.1. The van der Waals surface area contributed by atoms with Crippen molar-refractivity contribution in [3.8, 4) is 5.75 Å². The molecule has 33 heavy (non-hydrogen) atoms. The summed E-state index contributed by atoms with van der Waals surface area (Å²) in [6.07, 6.45) is 9.75. The van der Waals surface area contributed by atoms with Crippen molar-refractivity contribution in [2.24, 2.45) is 17.8 Å². The number of aromatic nitrogens is 3. The first-order chi connectivity index (χ1) is 16.1. The minimum absolute atomic E-state index is 0.0539. The fourth-order valence-electron chi connectivity index (χ4n) is 6.16. The molecular weight excluding hydrogens is 439 g/mol. The molecule has 6 nitrogen and oxygen atoms in total. The monoisotopic (exact) mass is 472 g/mol. The first-order valence-electron chi connectivity index (χ1n) is 12.3. The van der Waals surface area contributed by atoms with Gasteiger partial charge >= 0.3 is 0 Å². The molecule has 1 N–H and O–H groups in total. The molecule has 0 spiro atoms. The van der Waals surface area contributed by atoms with Gasteiger partial charge in [0.1, 0.15) is 6.61 Å². The van der Waals surface area contributed by atoms with Crippen molar-refractivity contribution in [1.29, 1.82) is 0 Å². The van der Waals surface area contributed by atoms with Crippen molar-refractivity contribution < 1.29 is 13.9 Å². The second-order valence-corrected chi connectivity index (χ2v) is 10.8. The number of amides is 1. The van der Waals surface area contributed by atoms with Crippen LogP contribution >= 0.6 is 11.8 Å². The third-order valence-electron chi connectivity index (χ3n) is 7.80. The molecule has 3 aliphatic carbocycles. The summed E-state index contributed by atoms with van der Waals surface area (Å²) in [5.74, 6) is 3.06. The Kier molecular flexibility index (Phi) is 6.90. The topological polar surface area (TPSA) is 69.0 Å². The van der Waals surface area contributed by atoms with Crippen molar-refractivity contribution in [1.82, 2.24) is 20.1 Å². The standard InChI is InChI=1S/C25H33FN4O2S/c1-16(20-13-17-10-11-18(20)12-17)30-23(14-32-22-9-5-4-8-21(22)26)28-29-25(30)33-15-24(31)27-19-6-2-3-7-19/h4-5,8-9,16-20H,2-3,6-7,10-15H2,1H3,(H,27,31). The molecule has 3 fully saturated rings. The Labute approximate surface area is 199 Å². The van der Waals surface area contributed by atoms with Gasteiger partial charge in [0.25, 0.3) is 0 Å². The lowest BCUT2D eigenvalue weighted by Crippen LogP contribution is -2.34. The highest BCUT2D eigenvalue weighted by Gasteiger charge is 2.43. The summed E-state index contributed by atoms with van der Waals surface area (Å²) < 4.78 is 22.0. The zero-order valence-electron chi connectivity index (χ0n) is 19.2. The fourth-order valence-corrected chi connectivity index (χ4v) is 7.02. The number of fused-ring (bicyclic) bond motifs is 2. The molecule has 2 aromatic rings. The Hall–Kier alpha value is -2.09. The lowest BCUT2D eigenvalue weighted by Gasteiger charge is -2.30. The molecule has 5 rings (SSSR count). The molecular formula is C25H33FN4O2S. The van der Waals surface area contributed by atoms with Crippen LogP contribution in [-0.4, -0.2) is 32.5 Å². The van der Waals surface area contributed by atoms with Crippen LogP contribution in [0.3, 0.4) is 0 Å². The number of halogens is 1. The van der Waals surface area contributed by atoms with E-state index >= 15 is 0 Å². The molecule has 1 aromatic carbocycles. The van der Waals surface area contributed by atoms with Crippen molar-refractivity contribution in [3.63, 3.8) is 0 Å². The van der Waals surface area contributed by atoms with Crippen LogP contribution in [0.15, 0.2) is 29.4 Å². The minimum atomic E-state index is -0.386. The van der Waals surface area contributed by atoms with Crippen LogP contribution in [0.2, 0.25) is 0 Å². The van der Waals surface area contributed by atoms with E-state index in [0.717, 1.165) is 29.8 Å². The molecule has 4 atom stereocenters. The normalized spacial score (nSPS) is 25.5. The van der Waals surface area contributed by atoms with Crippen LogP contribution in [0.4, 0.5) is 4.39 Å². The first kappa shape index (κ1) is 22.7. The number of rotatable bonds is 9. The molecule has 3 saturated carbocycles. The highest BCUT2D eigenvalue weighted by atomic mass is 32.2. The van der Waals surface area contributed by atoms with Crippen molar-refractivity contribution >= 4 is 17.7 Å². The van der Waals surface area contributed by atoms with Crippen LogP contribution in [0.1, 0.15) is 70.2 Å². The van der Waals surface area contributed by atoms with E-state index in [1.807, 2.05) is 0 Å². The number of benzene rings is 1. The number of para-hydroxylation sites is 1. The molecule has 3 aliphatic rings. The van der Waals surface area contributed by atoms with Gasteiger partial charge in [-0.25, -0.2) is 4.39 Å². The summed E-state index contributed by atoms with van der Waals surface area (Å²) in [6, 6.07) is 6.95. The van der Waals surface area contributed by atoms with Gasteiger partial charge in [-0.2, -0.15) is 0 Å². The summed E-state index contributed by atoms with van der Waals surface area (Å²) in [5, 5.41) is 12.7. The first-order valence-corrected chi connectivity index (χ1v) is 13.3. The van der Waals surface area contributed by atoms with Gasteiger partial charge in [-0.05, 0) is 68.9 Å². The smallest absolute Gasteiger partial charge is 0.230 e. The van der Waals surface area contributed by atoms with Gasteiger partial charge in [-0.3, -0.25) is 9.36 Å². The summed E-state index contributed by atoms with van der Waals surface area (Å²) in [7, 11) is 0. The van der Waals surface area contributed by atoms with Crippen molar-refractivity contribution in [3.05, 3.63) is 35.9 Å². The van der Waals surface area contributed by atoms with E-state index in [2.05, 4.69) is 27.0 Å². The van der Waals surface area contributed by atoms with Crippen LogP contribution in [-0.2, 0) is 11.4 Å². The maximum Gasteiger partial charge on any atom is 0.230 e. The number of carbonyl (C=O) groups excluding carboxylic acids is 1. The van der Waals surface area contributed by atoms with Gasteiger partial charge in [0, 0.05) is 12.1 Å².